The maximum atomic E-state index is 13.2. The van der Waals surface area contributed by atoms with Crippen molar-refractivity contribution in [1.82, 2.24) is 0 Å². The Bertz CT molecular complexity index is 1200. The molecule has 0 radical (unpaired) electrons. The number of carbonyl (C=O) groups is 3. The SMILES string of the molecule is COCC1OC(OC)C(OC(=O)c2ccccc2)C(OC(=O)c2ccccc2)C1OC(=O)c1ccccc1. The summed E-state index contributed by atoms with van der Waals surface area (Å²) in [6, 6.07) is 24.9. The van der Waals surface area contributed by atoms with E-state index in [0.29, 0.717) is 0 Å². The van der Waals surface area contributed by atoms with E-state index in [2.05, 4.69) is 0 Å². The zero-order chi connectivity index (χ0) is 26.9. The number of benzene rings is 3. The molecule has 9 nitrogen and oxygen atoms in total. The van der Waals surface area contributed by atoms with Crippen molar-refractivity contribution in [1.29, 1.82) is 0 Å². The fraction of sp³-hybridized carbons (Fsp3) is 0.276. The minimum atomic E-state index is -1.29. The van der Waals surface area contributed by atoms with Gasteiger partial charge in [0.05, 0.1) is 23.3 Å². The highest BCUT2D eigenvalue weighted by molar-refractivity contribution is 5.91. The molecule has 0 aliphatic carbocycles. The van der Waals surface area contributed by atoms with E-state index >= 15 is 0 Å². The van der Waals surface area contributed by atoms with Gasteiger partial charge in [0, 0.05) is 14.2 Å². The van der Waals surface area contributed by atoms with Crippen LogP contribution in [0, 0.1) is 0 Å². The molecule has 38 heavy (non-hydrogen) atoms. The molecule has 9 heteroatoms. The van der Waals surface area contributed by atoms with Crippen molar-refractivity contribution in [2.24, 2.45) is 0 Å². The Morgan fingerprint density at radius 2 is 1.00 bits per heavy atom. The molecule has 3 aromatic carbocycles. The van der Waals surface area contributed by atoms with Crippen LogP contribution in [-0.4, -0.2) is 69.4 Å². The van der Waals surface area contributed by atoms with Crippen LogP contribution in [0.1, 0.15) is 31.1 Å². The molecule has 1 heterocycles. The fourth-order valence-electron chi connectivity index (χ4n) is 4.07. The standard InChI is InChI=1S/C29H28O9/c1-33-18-22-23(36-26(30)19-12-6-3-7-13-19)24(37-27(31)20-14-8-4-9-15-20)25(29(34-2)35-22)38-28(32)21-16-10-5-11-17-21/h3-17,22-25,29H,18H2,1-2H3. The summed E-state index contributed by atoms with van der Waals surface area (Å²) >= 11 is 0. The van der Waals surface area contributed by atoms with Crippen LogP contribution in [0.2, 0.25) is 0 Å². The zero-order valence-electron chi connectivity index (χ0n) is 20.9. The van der Waals surface area contributed by atoms with E-state index in [9.17, 15) is 14.4 Å². The number of hydrogen-bond acceptors (Lipinski definition) is 9. The van der Waals surface area contributed by atoms with Crippen LogP contribution in [0.3, 0.4) is 0 Å². The highest BCUT2D eigenvalue weighted by atomic mass is 16.7. The fourth-order valence-corrected chi connectivity index (χ4v) is 4.07. The Labute approximate surface area is 220 Å². The topological polar surface area (TPSA) is 107 Å². The summed E-state index contributed by atoms with van der Waals surface area (Å²) < 4.78 is 34.3. The number of esters is 3. The van der Waals surface area contributed by atoms with Crippen LogP contribution in [0.15, 0.2) is 91.0 Å². The third-order valence-electron chi connectivity index (χ3n) is 5.91. The van der Waals surface area contributed by atoms with Crippen molar-refractivity contribution < 1.29 is 42.8 Å². The monoisotopic (exact) mass is 520 g/mol. The zero-order valence-corrected chi connectivity index (χ0v) is 20.9. The maximum Gasteiger partial charge on any atom is 0.338 e. The van der Waals surface area contributed by atoms with Gasteiger partial charge in [0.15, 0.2) is 24.6 Å². The van der Waals surface area contributed by atoms with Gasteiger partial charge in [-0.3, -0.25) is 0 Å². The molecule has 4 rings (SSSR count). The van der Waals surface area contributed by atoms with Crippen molar-refractivity contribution in [2.75, 3.05) is 20.8 Å². The van der Waals surface area contributed by atoms with Gasteiger partial charge in [-0.15, -0.1) is 0 Å². The van der Waals surface area contributed by atoms with Crippen molar-refractivity contribution in [3.8, 4) is 0 Å². The molecule has 0 amide bonds. The molecule has 198 valence electrons. The number of rotatable bonds is 9. The molecule has 0 saturated carbocycles. The number of methoxy groups -OCH3 is 2. The summed E-state index contributed by atoms with van der Waals surface area (Å²) in [6.45, 7) is -0.0225. The van der Waals surface area contributed by atoms with Gasteiger partial charge in [0.25, 0.3) is 0 Å². The Kier molecular flexibility index (Phi) is 9.21. The Balaban J connectivity index is 1.70. The first-order valence-electron chi connectivity index (χ1n) is 12.0. The molecule has 5 unspecified atom stereocenters. The van der Waals surface area contributed by atoms with Crippen molar-refractivity contribution in [2.45, 2.75) is 30.7 Å². The molecule has 1 aliphatic rings. The summed E-state index contributed by atoms with van der Waals surface area (Å²) in [5, 5.41) is 0. The van der Waals surface area contributed by atoms with Gasteiger partial charge >= 0.3 is 17.9 Å². The van der Waals surface area contributed by atoms with Gasteiger partial charge in [0.1, 0.15) is 6.10 Å². The highest BCUT2D eigenvalue weighted by Crippen LogP contribution is 2.31. The van der Waals surface area contributed by atoms with Gasteiger partial charge < -0.3 is 28.4 Å². The minimum Gasteiger partial charge on any atom is -0.452 e. The predicted molar refractivity (Wildman–Crippen MR) is 134 cm³/mol. The summed E-state index contributed by atoms with van der Waals surface area (Å²) in [5.41, 5.74) is 0.813. The first-order valence-corrected chi connectivity index (χ1v) is 12.0. The van der Waals surface area contributed by atoms with E-state index < -0.39 is 48.6 Å². The smallest absolute Gasteiger partial charge is 0.338 e. The van der Waals surface area contributed by atoms with Gasteiger partial charge in [0.2, 0.25) is 0 Å². The second-order valence-corrected chi connectivity index (χ2v) is 8.44. The second-order valence-electron chi connectivity index (χ2n) is 8.44. The third kappa shape index (κ3) is 6.44. The summed E-state index contributed by atoms with van der Waals surface area (Å²) in [4.78, 5) is 39.3. The Morgan fingerprint density at radius 3 is 1.39 bits per heavy atom. The third-order valence-corrected chi connectivity index (χ3v) is 5.91. The number of carbonyl (C=O) groups excluding carboxylic acids is 3. The first-order chi connectivity index (χ1) is 18.5. The first kappa shape index (κ1) is 27.0. The summed E-state index contributed by atoms with van der Waals surface area (Å²) in [6.07, 6.45) is -5.82. The molecule has 1 aliphatic heterocycles. The molecule has 1 saturated heterocycles. The van der Waals surface area contributed by atoms with Gasteiger partial charge in [-0.1, -0.05) is 54.6 Å². The van der Waals surface area contributed by atoms with Crippen LogP contribution in [0.5, 0.6) is 0 Å². The molecule has 0 aromatic heterocycles. The lowest BCUT2D eigenvalue weighted by molar-refractivity contribution is -0.293. The van der Waals surface area contributed by atoms with Crippen molar-refractivity contribution in [3.63, 3.8) is 0 Å². The van der Waals surface area contributed by atoms with E-state index in [1.165, 1.54) is 14.2 Å². The summed E-state index contributed by atoms with van der Waals surface area (Å²) in [7, 11) is 2.82. The lowest BCUT2D eigenvalue weighted by Gasteiger charge is -2.44. The molecule has 5 atom stereocenters. The number of hydrogen-bond donors (Lipinski definition) is 0. The molecule has 0 spiro atoms. The van der Waals surface area contributed by atoms with Crippen LogP contribution < -0.4 is 0 Å². The van der Waals surface area contributed by atoms with Crippen LogP contribution in [0.25, 0.3) is 0 Å². The quantitative estimate of drug-likeness (QED) is 0.308. The van der Waals surface area contributed by atoms with E-state index in [1.54, 1.807) is 91.0 Å². The van der Waals surface area contributed by atoms with E-state index in [1.807, 2.05) is 0 Å². The average molecular weight is 521 g/mol. The average Bonchev–Trinajstić information content (AvgIpc) is 2.97. The van der Waals surface area contributed by atoms with Gasteiger partial charge in [-0.2, -0.15) is 0 Å². The molecule has 3 aromatic rings. The Hall–Kier alpha value is -4.05. The van der Waals surface area contributed by atoms with Gasteiger partial charge in [-0.05, 0) is 36.4 Å². The normalized spacial score (nSPS) is 22.7. The van der Waals surface area contributed by atoms with Crippen LogP contribution in [-0.2, 0) is 28.4 Å². The van der Waals surface area contributed by atoms with Crippen LogP contribution >= 0.6 is 0 Å². The molecular formula is C29H28O9. The second kappa shape index (κ2) is 13.0. The number of ether oxygens (including phenoxy) is 6. The van der Waals surface area contributed by atoms with Crippen LogP contribution in [0.4, 0.5) is 0 Å². The van der Waals surface area contributed by atoms with E-state index in [0.717, 1.165) is 0 Å². The molecule has 1 fully saturated rings. The van der Waals surface area contributed by atoms with E-state index in [-0.39, 0.29) is 23.3 Å². The minimum absolute atomic E-state index is 0.0225. The van der Waals surface area contributed by atoms with Gasteiger partial charge in [-0.25, -0.2) is 14.4 Å². The largest absolute Gasteiger partial charge is 0.452 e. The lowest BCUT2D eigenvalue weighted by atomic mass is 9.97. The maximum absolute atomic E-state index is 13.2. The van der Waals surface area contributed by atoms with E-state index in [4.69, 9.17) is 28.4 Å². The highest BCUT2D eigenvalue weighted by Gasteiger charge is 2.53. The molecular weight excluding hydrogens is 492 g/mol. The Morgan fingerprint density at radius 1 is 0.605 bits per heavy atom. The molecule has 0 bridgehead atoms. The van der Waals surface area contributed by atoms with Crippen molar-refractivity contribution in [3.05, 3.63) is 108 Å². The molecule has 0 N–H and O–H groups in total. The summed E-state index contributed by atoms with van der Waals surface area (Å²) in [5.74, 6) is -2.07. The predicted octanol–water partition coefficient (Wildman–Crippen LogP) is 3.68. The van der Waals surface area contributed by atoms with Crippen molar-refractivity contribution >= 4 is 17.9 Å². The lowest BCUT2D eigenvalue weighted by Crippen LogP contribution is -2.62.